The van der Waals surface area contributed by atoms with Gasteiger partial charge < -0.3 is 24.5 Å². The van der Waals surface area contributed by atoms with E-state index in [9.17, 15) is 9.59 Å². The second-order valence-corrected chi connectivity index (χ2v) is 3.68. The van der Waals surface area contributed by atoms with E-state index >= 15 is 0 Å². The van der Waals surface area contributed by atoms with Gasteiger partial charge in [-0.25, -0.2) is 4.79 Å². The van der Waals surface area contributed by atoms with Crippen LogP contribution in [0.1, 0.15) is 12.2 Å². The third kappa shape index (κ3) is 7.10. The zero-order valence-electron chi connectivity index (χ0n) is 10.8. The molecule has 0 aliphatic rings. The molecule has 106 valence electrons. The summed E-state index contributed by atoms with van der Waals surface area (Å²) in [5.41, 5.74) is 0. The second kappa shape index (κ2) is 8.98. The molecule has 1 aromatic heterocycles. The molecule has 19 heavy (non-hydrogen) atoms. The van der Waals surface area contributed by atoms with Gasteiger partial charge in [-0.2, -0.15) is 0 Å². The van der Waals surface area contributed by atoms with E-state index in [4.69, 9.17) is 9.15 Å². The molecule has 1 rings (SSSR count). The van der Waals surface area contributed by atoms with E-state index in [1.807, 2.05) is 6.07 Å². The molecule has 0 saturated heterocycles. The molecule has 0 atom stereocenters. The third-order valence-electron chi connectivity index (χ3n) is 2.19. The number of alkyl carbamates (subject to hydrolysis) is 1. The van der Waals surface area contributed by atoms with Gasteiger partial charge in [-0.3, -0.25) is 4.79 Å². The van der Waals surface area contributed by atoms with Gasteiger partial charge in [0.1, 0.15) is 12.4 Å². The lowest BCUT2D eigenvalue weighted by molar-refractivity contribution is -0.120. The van der Waals surface area contributed by atoms with Gasteiger partial charge in [0.25, 0.3) is 0 Å². The van der Waals surface area contributed by atoms with Gasteiger partial charge in [0.05, 0.1) is 19.9 Å². The quantitative estimate of drug-likeness (QED) is 0.677. The summed E-state index contributed by atoms with van der Waals surface area (Å²) >= 11 is 0. The lowest BCUT2D eigenvalue weighted by Gasteiger charge is -2.06. The number of methoxy groups -OCH3 is 1. The van der Waals surface area contributed by atoms with Crippen LogP contribution in [0.2, 0.25) is 0 Å². The van der Waals surface area contributed by atoms with E-state index in [0.717, 1.165) is 5.76 Å². The average Bonchev–Trinajstić information content (AvgIpc) is 2.93. The van der Waals surface area contributed by atoms with Crippen molar-refractivity contribution < 1.29 is 23.5 Å². The van der Waals surface area contributed by atoms with Crippen molar-refractivity contribution in [2.45, 2.75) is 13.0 Å². The molecule has 0 spiro atoms. The molecule has 0 unspecified atom stereocenters. The molecule has 1 aromatic rings. The van der Waals surface area contributed by atoms with Crippen LogP contribution in [0.4, 0.5) is 4.79 Å². The molecule has 0 aliphatic carbocycles. The van der Waals surface area contributed by atoms with Crippen LogP contribution in [0.25, 0.3) is 0 Å². The van der Waals surface area contributed by atoms with Gasteiger partial charge in [0.2, 0.25) is 5.91 Å². The highest BCUT2D eigenvalue weighted by Crippen LogP contribution is 2.01. The van der Waals surface area contributed by atoms with Crippen molar-refractivity contribution in [3.63, 3.8) is 0 Å². The number of hydrogen-bond acceptors (Lipinski definition) is 5. The molecule has 2 N–H and O–H groups in total. The van der Waals surface area contributed by atoms with Crippen molar-refractivity contribution in [2.75, 3.05) is 26.8 Å². The van der Waals surface area contributed by atoms with Gasteiger partial charge in [0, 0.05) is 13.2 Å². The zero-order chi connectivity index (χ0) is 13.9. The molecule has 0 aromatic carbocycles. The summed E-state index contributed by atoms with van der Waals surface area (Å²) in [6.45, 7) is 1.33. The Morgan fingerprint density at radius 3 is 2.89 bits per heavy atom. The normalized spacial score (nSPS) is 9.95. The molecule has 0 radical (unpaired) electrons. The number of carbonyl (C=O) groups is 2. The number of carbonyl (C=O) groups excluding carboxylic acids is 2. The van der Waals surface area contributed by atoms with E-state index in [2.05, 4.69) is 15.4 Å². The predicted molar refractivity (Wildman–Crippen MR) is 66.4 cm³/mol. The molecule has 0 saturated carbocycles. The Bertz CT molecular complexity index is 377. The minimum atomic E-state index is -0.628. The first-order valence-electron chi connectivity index (χ1n) is 5.91. The number of hydrogen-bond donors (Lipinski definition) is 2. The van der Waals surface area contributed by atoms with Crippen LogP contribution >= 0.6 is 0 Å². The maximum Gasteiger partial charge on any atom is 0.407 e. The number of nitrogens with one attached hydrogen (secondary N) is 2. The highest BCUT2D eigenvalue weighted by molar-refractivity contribution is 5.81. The highest BCUT2D eigenvalue weighted by atomic mass is 16.5. The van der Waals surface area contributed by atoms with Gasteiger partial charge >= 0.3 is 6.09 Å². The standard InChI is InChI=1S/C12H18N2O5/c1-17-12(16)14-8-11(15)13-5-3-6-18-9-10-4-2-7-19-10/h2,4,7H,3,5-6,8-9H2,1H3,(H,13,15)(H,14,16). The summed E-state index contributed by atoms with van der Waals surface area (Å²) < 4.78 is 14.8. The van der Waals surface area contributed by atoms with Crippen LogP contribution in [-0.4, -0.2) is 38.8 Å². The van der Waals surface area contributed by atoms with E-state index in [1.165, 1.54) is 7.11 Å². The summed E-state index contributed by atoms with van der Waals surface area (Å²) in [7, 11) is 1.24. The molecular weight excluding hydrogens is 252 g/mol. The fourth-order valence-corrected chi connectivity index (χ4v) is 1.26. The monoisotopic (exact) mass is 270 g/mol. The van der Waals surface area contributed by atoms with Crippen LogP contribution in [0, 0.1) is 0 Å². The number of amides is 2. The van der Waals surface area contributed by atoms with Crippen LogP contribution in [0.5, 0.6) is 0 Å². The Morgan fingerprint density at radius 1 is 1.37 bits per heavy atom. The molecule has 0 bridgehead atoms. The highest BCUT2D eigenvalue weighted by Gasteiger charge is 2.03. The Kier molecular flexibility index (Phi) is 7.11. The SMILES string of the molecule is COC(=O)NCC(=O)NCCCOCc1ccco1. The first-order chi connectivity index (χ1) is 9.22. The summed E-state index contributed by atoms with van der Waals surface area (Å²) in [5.74, 6) is 0.503. The first kappa shape index (κ1) is 15.0. The Morgan fingerprint density at radius 2 is 2.21 bits per heavy atom. The van der Waals surface area contributed by atoms with Crippen LogP contribution in [0.3, 0.4) is 0 Å². The van der Waals surface area contributed by atoms with E-state index in [1.54, 1.807) is 12.3 Å². The molecule has 0 fully saturated rings. The molecular formula is C12H18N2O5. The number of ether oxygens (including phenoxy) is 2. The largest absolute Gasteiger partial charge is 0.467 e. The van der Waals surface area contributed by atoms with Crippen molar-refractivity contribution in [1.82, 2.24) is 10.6 Å². The minimum absolute atomic E-state index is 0.0973. The summed E-state index contributed by atoms with van der Waals surface area (Å²) in [6, 6.07) is 3.63. The third-order valence-corrected chi connectivity index (χ3v) is 2.19. The summed E-state index contributed by atoms with van der Waals surface area (Å²) in [5, 5.41) is 4.93. The molecule has 0 aliphatic heterocycles. The molecule has 7 heteroatoms. The second-order valence-electron chi connectivity index (χ2n) is 3.68. The Balaban J connectivity index is 1.92. The predicted octanol–water partition coefficient (Wildman–Crippen LogP) is 0.659. The van der Waals surface area contributed by atoms with Gasteiger partial charge in [-0.15, -0.1) is 0 Å². The molecule has 1 heterocycles. The van der Waals surface area contributed by atoms with Gasteiger partial charge in [-0.05, 0) is 18.6 Å². The summed E-state index contributed by atoms with van der Waals surface area (Å²) in [6.07, 6.45) is 1.65. The van der Waals surface area contributed by atoms with Gasteiger partial charge in [0.15, 0.2) is 0 Å². The fraction of sp³-hybridized carbons (Fsp3) is 0.500. The first-order valence-corrected chi connectivity index (χ1v) is 5.91. The van der Waals surface area contributed by atoms with Crippen LogP contribution < -0.4 is 10.6 Å². The van der Waals surface area contributed by atoms with Crippen molar-refractivity contribution >= 4 is 12.0 Å². The zero-order valence-corrected chi connectivity index (χ0v) is 10.8. The topological polar surface area (TPSA) is 89.8 Å². The number of rotatable bonds is 8. The molecule has 2 amide bonds. The fourth-order valence-electron chi connectivity index (χ4n) is 1.26. The Hall–Kier alpha value is -2.02. The van der Waals surface area contributed by atoms with Crippen molar-refractivity contribution in [2.24, 2.45) is 0 Å². The number of furan rings is 1. The maximum absolute atomic E-state index is 11.2. The van der Waals surface area contributed by atoms with E-state index in [-0.39, 0.29) is 12.5 Å². The van der Waals surface area contributed by atoms with E-state index < -0.39 is 6.09 Å². The average molecular weight is 270 g/mol. The minimum Gasteiger partial charge on any atom is -0.467 e. The molecule has 7 nitrogen and oxygen atoms in total. The lowest BCUT2D eigenvalue weighted by atomic mass is 10.4. The van der Waals surface area contributed by atoms with Crippen molar-refractivity contribution in [3.8, 4) is 0 Å². The van der Waals surface area contributed by atoms with Crippen molar-refractivity contribution in [3.05, 3.63) is 24.2 Å². The van der Waals surface area contributed by atoms with Crippen LogP contribution in [0.15, 0.2) is 22.8 Å². The maximum atomic E-state index is 11.2. The lowest BCUT2D eigenvalue weighted by Crippen LogP contribution is -2.37. The van der Waals surface area contributed by atoms with Crippen LogP contribution in [-0.2, 0) is 20.9 Å². The van der Waals surface area contributed by atoms with Crippen molar-refractivity contribution in [1.29, 1.82) is 0 Å². The summed E-state index contributed by atoms with van der Waals surface area (Å²) in [4.78, 5) is 21.9. The van der Waals surface area contributed by atoms with E-state index in [0.29, 0.717) is 26.2 Å². The smallest absolute Gasteiger partial charge is 0.407 e. The van der Waals surface area contributed by atoms with Gasteiger partial charge in [-0.1, -0.05) is 0 Å². The Labute approximate surface area is 111 Å².